The summed E-state index contributed by atoms with van der Waals surface area (Å²) in [5.41, 5.74) is 4.13. The summed E-state index contributed by atoms with van der Waals surface area (Å²) in [6, 6.07) is 20.2. The number of anilines is 2. The molecule has 0 unspecified atom stereocenters. The average Bonchev–Trinajstić information content (AvgIpc) is 3.17. The van der Waals surface area contributed by atoms with Gasteiger partial charge in [0, 0.05) is 23.0 Å². The molecule has 7 heteroatoms. The standard InChI is InChI=1S/C23H19N3O3S/c1-14-6-11-19-20(12-14)30-23(26-19)15-7-9-16(10-8-15)24-21(27)22(28)25-17-4-3-5-18(13-17)29-2/h3-13H,1-2H3,(H,24,27)(H,25,28). The number of rotatable bonds is 4. The summed E-state index contributed by atoms with van der Waals surface area (Å²) in [6.07, 6.45) is 0. The summed E-state index contributed by atoms with van der Waals surface area (Å²) in [5, 5.41) is 6.06. The molecule has 0 saturated carbocycles. The van der Waals surface area contributed by atoms with E-state index >= 15 is 0 Å². The maximum absolute atomic E-state index is 12.2. The zero-order valence-electron chi connectivity index (χ0n) is 16.4. The minimum atomic E-state index is -0.756. The summed E-state index contributed by atoms with van der Waals surface area (Å²) in [4.78, 5) is 29.0. The molecule has 4 rings (SSSR count). The molecule has 3 aromatic carbocycles. The van der Waals surface area contributed by atoms with Crippen LogP contribution in [0.15, 0.2) is 66.7 Å². The Balaban J connectivity index is 1.43. The first-order chi connectivity index (χ1) is 14.5. The molecule has 1 aromatic heterocycles. The van der Waals surface area contributed by atoms with Gasteiger partial charge in [0.25, 0.3) is 0 Å². The fourth-order valence-electron chi connectivity index (χ4n) is 2.93. The van der Waals surface area contributed by atoms with Crippen LogP contribution in [0.1, 0.15) is 5.56 Å². The normalized spacial score (nSPS) is 10.6. The number of carbonyl (C=O) groups excluding carboxylic acids is 2. The van der Waals surface area contributed by atoms with Gasteiger partial charge in [0.15, 0.2) is 0 Å². The SMILES string of the molecule is COc1cccc(NC(=O)C(=O)Nc2ccc(-c3nc4ccc(C)cc4s3)cc2)c1. The van der Waals surface area contributed by atoms with Crippen molar-refractivity contribution < 1.29 is 14.3 Å². The van der Waals surface area contributed by atoms with E-state index in [1.54, 1.807) is 47.7 Å². The third-order valence-electron chi connectivity index (χ3n) is 4.47. The molecule has 4 aromatic rings. The molecule has 1 heterocycles. The number of nitrogens with one attached hydrogen (secondary N) is 2. The fraction of sp³-hybridized carbons (Fsp3) is 0.0870. The predicted octanol–water partition coefficient (Wildman–Crippen LogP) is 4.86. The van der Waals surface area contributed by atoms with Gasteiger partial charge in [-0.3, -0.25) is 9.59 Å². The molecular formula is C23H19N3O3S. The molecule has 0 aliphatic carbocycles. The maximum Gasteiger partial charge on any atom is 0.314 e. The van der Waals surface area contributed by atoms with Gasteiger partial charge >= 0.3 is 11.8 Å². The van der Waals surface area contributed by atoms with Crippen LogP contribution in [0, 0.1) is 6.92 Å². The number of carbonyl (C=O) groups is 2. The summed E-state index contributed by atoms with van der Waals surface area (Å²) in [6.45, 7) is 2.06. The largest absolute Gasteiger partial charge is 0.497 e. The van der Waals surface area contributed by atoms with Crippen LogP contribution in [0.5, 0.6) is 5.75 Å². The third-order valence-corrected chi connectivity index (χ3v) is 5.53. The van der Waals surface area contributed by atoms with Crippen molar-refractivity contribution in [1.29, 1.82) is 0 Å². The van der Waals surface area contributed by atoms with E-state index in [2.05, 4.69) is 28.6 Å². The second-order valence-corrected chi connectivity index (χ2v) is 7.74. The number of benzene rings is 3. The molecule has 0 radical (unpaired) electrons. The van der Waals surface area contributed by atoms with Crippen molar-refractivity contribution >= 4 is 44.7 Å². The quantitative estimate of drug-likeness (QED) is 0.465. The van der Waals surface area contributed by atoms with Gasteiger partial charge in [-0.25, -0.2) is 4.98 Å². The number of amides is 2. The van der Waals surface area contributed by atoms with Gasteiger partial charge in [0.05, 0.1) is 17.3 Å². The second-order valence-electron chi connectivity index (χ2n) is 6.71. The van der Waals surface area contributed by atoms with Crippen LogP contribution in [-0.4, -0.2) is 23.9 Å². The first-order valence-corrected chi connectivity index (χ1v) is 10.1. The first-order valence-electron chi connectivity index (χ1n) is 9.26. The van der Waals surface area contributed by atoms with Crippen molar-refractivity contribution in [3.8, 4) is 16.3 Å². The van der Waals surface area contributed by atoms with Crippen LogP contribution >= 0.6 is 11.3 Å². The van der Waals surface area contributed by atoms with Gasteiger partial charge in [-0.15, -0.1) is 11.3 Å². The molecule has 150 valence electrons. The smallest absolute Gasteiger partial charge is 0.314 e. The van der Waals surface area contributed by atoms with Gasteiger partial charge in [-0.1, -0.05) is 12.1 Å². The number of hydrogen-bond donors (Lipinski definition) is 2. The van der Waals surface area contributed by atoms with E-state index in [0.717, 1.165) is 20.8 Å². The Bertz CT molecular complexity index is 1230. The van der Waals surface area contributed by atoms with E-state index in [4.69, 9.17) is 4.74 Å². The number of aryl methyl sites for hydroxylation is 1. The lowest BCUT2D eigenvalue weighted by atomic mass is 10.2. The lowest BCUT2D eigenvalue weighted by Crippen LogP contribution is -2.29. The van der Waals surface area contributed by atoms with Crippen LogP contribution in [0.3, 0.4) is 0 Å². The van der Waals surface area contributed by atoms with Crippen molar-refractivity contribution in [2.24, 2.45) is 0 Å². The van der Waals surface area contributed by atoms with E-state index in [1.807, 2.05) is 24.3 Å². The lowest BCUT2D eigenvalue weighted by Gasteiger charge is -2.08. The number of aromatic nitrogens is 1. The maximum atomic E-state index is 12.2. The third kappa shape index (κ3) is 4.31. The fourth-order valence-corrected chi connectivity index (χ4v) is 4.00. The van der Waals surface area contributed by atoms with Gasteiger partial charge in [-0.2, -0.15) is 0 Å². The van der Waals surface area contributed by atoms with Crippen molar-refractivity contribution in [2.75, 3.05) is 17.7 Å². The Kier molecular flexibility index (Phi) is 5.45. The molecule has 0 bridgehead atoms. The number of ether oxygens (including phenoxy) is 1. The van der Waals surface area contributed by atoms with Crippen LogP contribution < -0.4 is 15.4 Å². The predicted molar refractivity (Wildman–Crippen MR) is 120 cm³/mol. The highest BCUT2D eigenvalue weighted by Crippen LogP contribution is 2.31. The van der Waals surface area contributed by atoms with Crippen LogP contribution in [0.2, 0.25) is 0 Å². The minimum Gasteiger partial charge on any atom is -0.497 e. The molecule has 0 aliphatic heterocycles. The van der Waals surface area contributed by atoms with Gasteiger partial charge in [-0.05, 0) is 61.0 Å². The van der Waals surface area contributed by atoms with E-state index in [0.29, 0.717) is 17.1 Å². The molecule has 0 atom stereocenters. The van der Waals surface area contributed by atoms with Crippen LogP contribution in [0.4, 0.5) is 11.4 Å². The highest BCUT2D eigenvalue weighted by molar-refractivity contribution is 7.21. The van der Waals surface area contributed by atoms with Crippen molar-refractivity contribution in [3.63, 3.8) is 0 Å². The van der Waals surface area contributed by atoms with E-state index < -0.39 is 11.8 Å². The van der Waals surface area contributed by atoms with Crippen molar-refractivity contribution in [3.05, 3.63) is 72.3 Å². The Labute approximate surface area is 177 Å². The average molecular weight is 417 g/mol. The molecule has 2 N–H and O–H groups in total. The first kappa shape index (κ1) is 19.6. The summed E-state index contributed by atoms with van der Waals surface area (Å²) >= 11 is 1.62. The van der Waals surface area contributed by atoms with Crippen LogP contribution in [-0.2, 0) is 9.59 Å². The van der Waals surface area contributed by atoms with E-state index in [9.17, 15) is 9.59 Å². The Hall–Kier alpha value is -3.71. The zero-order valence-corrected chi connectivity index (χ0v) is 17.2. The zero-order chi connectivity index (χ0) is 21.1. The molecule has 0 spiro atoms. The number of hydrogen-bond acceptors (Lipinski definition) is 5. The van der Waals surface area contributed by atoms with Gasteiger partial charge < -0.3 is 15.4 Å². The molecule has 0 saturated heterocycles. The summed E-state index contributed by atoms with van der Waals surface area (Å²) in [7, 11) is 1.53. The van der Waals surface area contributed by atoms with Crippen molar-refractivity contribution in [1.82, 2.24) is 4.98 Å². The Morgan fingerprint density at radius 3 is 2.37 bits per heavy atom. The van der Waals surface area contributed by atoms with E-state index in [-0.39, 0.29) is 0 Å². The summed E-state index contributed by atoms with van der Waals surface area (Å²) < 4.78 is 6.24. The number of fused-ring (bicyclic) bond motifs is 1. The molecule has 0 fully saturated rings. The van der Waals surface area contributed by atoms with Gasteiger partial charge in [0.1, 0.15) is 10.8 Å². The molecular weight excluding hydrogens is 398 g/mol. The number of nitrogens with zero attached hydrogens (tertiary/aromatic N) is 1. The topological polar surface area (TPSA) is 80.3 Å². The Morgan fingerprint density at radius 2 is 1.63 bits per heavy atom. The van der Waals surface area contributed by atoms with Crippen molar-refractivity contribution in [2.45, 2.75) is 6.92 Å². The number of methoxy groups -OCH3 is 1. The molecule has 2 amide bonds. The molecule has 6 nitrogen and oxygen atoms in total. The monoisotopic (exact) mass is 417 g/mol. The Morgan fingerprint density at radius 1 is 0.900 bits per heavy atom. The lowest BCUT2D eigenvalue weighted by molar-refractivity contribution is -0.132. The number of thiazole rings is 1. The molecule has 0 aliphatic rings. The highest BCUT2D eigenvalue weighted by atomic mass is 32.1. The second kappa shape index (κ2) is 8.34. The van der Waals surface area contributed by atoms with Crippen LogP contribution in [0.25, 0.3) is 20.8 Å². The van der Waals surface area contributed by atoms with E-state index in [1.165, 1.54) is 12.7 Å². The highest BCUT2D eigenvalue weighted by Gasteiger charge is 2.15. The summed E-state index contributed by atoms with van der Waals surface area (Å²) in [5.74, 6) is -0.913. The molecule has 30 heavy (non-hydrogen) atoms. The van der Waals surface area contributed by atoms with Gasteiger partial charge in [0.2, 0.25) is 0 Å². The minimum absolute atomic E-state index is 0.482.